The molecule has 25 heavy (non-hydrogen) atoms. The van der Waals surface area contributed by atoms with E-state index in [2.05, 4.69) is 0 Å². The first-order valence-corrected chi connectivity index (χ1v) is 8.41. The quantitative estimate of drug-likeness (QED) is 0.723. The van der Waals surface area contributed by atoms with Crippen LogP contribution in [-0.4, -0.2) is 35.0 Å². The fourth-order valence-electron chi connectivity index (χ4n) is 2.88. The molecule has 2 rings (SSSR count). The molecular formula is C20H24N2O3. The van der Waals surface area contributed by atoms with Crippen molar-refractivity contribution >= 4 is 17.6 Å². The predicted molar refractivity (Wildman–Crippen MR) is 98.3 cm³/mol. The number of amides is 1. The molecule has 5 nitrogen and oxygen atoms in total. The van der Waals surface area contributed by atoms with Crippen molar-refractivity contribution in [2.45, 2.75) is 25.7 Å². The fourth-order valence-corrected chi connectivity index (χ4v) is 2.88. The van der Waals surface area contributed by atoms with E-state index in [0.29, 0.717) is 12.2 Å². The van der Waals surface area contributed by atoms with Crippen molar-refractivity contribution in [3.63, 3.8) is 0 Å². The third kappa shape index (κ3) is 5.35. The highest BCUT2D eigenvalue weighted by atomic mass is 16.4. The number of nitrogens with two attached hydrogens (primary N) is 1. The molecule has 1 unspecified atom stereocenters. The summed E-state index contributed by atoms with van der Waals surface area (Å²) in [6, 6.07) is 17.4. The van der Waals surface area contributed by atoms with Gasteiger partial charge in [-0.3, -0.25) is 9.59 Å². The number of carboxylic acid groups (broad SMARTS) is 1. The van der Waals surface area contributed by atoms with Gasteiger partial charge in [-0.15, -0.1) is 0 Å². The Morgan fingerprint density at radius 2 is 1.76 bits per heavy atom. The number of nitrogen functional groups attached to an aromatic ring is 1. The summed E-state index contributed by atoms with van der Waals surface area (Å²) < 4.78 is 0. The second-order valence-corrected chi connectivity index (χ2v) is 5.95. The van der Waals surface area contributed by atoms with Gasteiger partial charge in [-0.05, 0) is 30.2 Å². The van der Waals surface area contributed by atoms with Crippen LogP contribution in [0.3, 0.4) is 0 Å². The van der Waals surface area contributed by atoms with Gasteiger partial charge in [-0.2, -0.15) is 0 Å². The largest absolute Gasteiger partial charge is 0.481 e. The van der Waals surface area contributed by atoms with E-state index in [1.165, 1.54) is 0 Å². The van der Waals surface area contributed by atoms with E-state index >= 15 is 0 Å². The van der Waals surface area contributed by atoms with Gasteiger partial charge in [0.25, 0.3) is 0 Å². The van der Waals surface area contributed by atoms with Crippen molar-refractivity contribution in [2.24, 2.45) is 0 Å². The van der Waals surface area contributed by atoms with Gasteiger partial charge in [-0.1, -0.05) is 42.5 Å². The summed E-state index contributed by atoms with van der Waals surface area (Å²) in [7, 11) is 0. The number of nitrogens with zero attached hydrogens (tertiary/aromatic N) is 1. The van der Waals surface area contributed by atoms with Crippen LogP contribution in [0.2, 0.25) is 0 Å². The van der Waals surface area contributed by atoms with Crippen molar-refractivity contribution in [3.8, 4) is 0 Å². The van der Waals surface area contributed by atoms with Crippen LogP contribution >= 0.6 is 0 Å². The zero-order valence-electron chi connectivity index (χ0n) is 14.4. The number of hydrogen-bond acceptors (Lipinski definition) is 3. The standard InChI is InChI=1S/C20H24N2O3/c1-2-22(12-11-20(24)25)19(23)14-18(15-7-4-3-5-8-15)16-9-6-10-17(21)13-16/h3-10,13,18H,2,11-12,14,21H2,1H3,(H,24,25). The van der Waals surface area contributed by atoms with Gasteiger partial charge in [0.2, 0.25) is 5.91 Å². The van der Waals surface area contributed by atoms with Crippen molar-refractivity contribution in [2.75, 3.05) is 18.8 Å². The molecule has 132 valence electrons. The molecule has 0 saturated carbocycles. The topological polar surface area (TPSA) is 83.6 Å². The first-order valence-electron chi connectivity index (χ1n) is 8.41. The van der Waals surface area contributed by atoms with Gasteiger partial charge < -0.3 is 15.7 Å². The Morgan fingerprint density at radius 1 is 1.08 bits per heavy atom. The van der Waals surface area contributed by atoms with Gasteiger partial charge in [0.05, 0.1) is 6.42 Å². The van der Waals surface area contributed by atoms with Gasteiger partial charge in [0.15, 0.2) is 0 Å². The molecule has 0 bridgehead atoms. The van der Waals surface area contributed by atoms with E-state index in [9.17, 15) is 9.59 Å². The fraction of sp³-hybridized carbons (Fsp3) is 0.300. The minimum atomic E-state index is -0.901. The van der Waals surface area contributed by atoms with E-state index < -0.39 is 5.97 Å². The zero-order chi connectivity index (χ0) is 18.2. The second-order valence-electron chi connectivity index (χ2n) is 5.95. The van der Waals surface area contributed by atoms with E-state index in [4.69, 9.17) is 10.8 Å². The zero-order valence-corrected chi connectivity index (χ0v) is 14.4. The highest BCUT2D eigenvalue weighted by molar-refractivity contribution is 5.78. The number of benzene rings is 2. The molecule has 0 aliphatic rings. The second kappa shape index (κ2) is 8.87. The number of carboxylic acids is 1. The lowest BCUT2D eigenvalue weighted by molar-refractivity contribution is -0.138. The van der Waals surface area contributed by atoms with Crippen LogP contribution in [0.1, 0.15) is 36.8 Å². The molecule has 2 aromatic carbocycles. The summed E-state index contributed by atoms with van der Waals surface area (Å²) >= 11 is 0. The Kier molecular flexibility index (Phi) is 6.57. The summed E-state index contributed by atoms with van der Waals surface area (Å²) in [5, 5.41) is 8.86. The molecule has 3 N–H and O–H groups in total. The van der Waals surface area contributed by atoms with Crippen molar-refractivity contribution < 1.29 is 14.7 Å². The molecule has 1 amide bonds. The Morgan fingerprint density at radius 3 is 2.36 bits per heavy atom. The number of hydrogen-bond donors (Lipinski definition) is 2. The van der Waals surface area contributed by atoms with Gasteiger partial charge in [0, 0.05) is 31.1 Å². The number of rotatable bonds is 8. The summed E-state index contributed by atoms with van der Waals surface area (Å²) in [5.41, 5.74) is 8.59. The average Bonchev–Trinajstić information content (AvgIpc) is 2.60. The average molecular weight is 340 g/mol. The predicted octanol–water partition coefficient (Wildman–Crippen LogP) is 3.11. The minimum Gasteiger partial charge on any atom is -0.481 e. The number of carbonyl (C=O) groups is 2. The molecule has 0 aliphatic carbocycles. The van der Waals surface area contributed by atoms with Gasteiger partial charge in [0.1, 0.15) is 0 Å². The molecule has 0 spiro atoms. The third-order valence-corrected chi connectivity index (χ3v) is 4.22. The molecule has 0 aliphatic heterocycles. The number of anilines is 1. The maximum Gasteiger partial charge on any atom is 0.305 e. The van der Waals surface area contributed by atoms with E-state index in [0.717, 1.165) is 11.1 Å². The van der Waals surface area contributed by atoms with Crippen molar-refractivity contribution in [3.05, 3.63) is 65.7 Å². The SMILES string of the molecule is CCN(CCC(=O)O)C(=O)CC(c1ccccc1)c1cccc(N)c1. The lowest BCUT2D eigenvalue weighted by atomic mass is 9.88. The van der Waals surface area contributed by atoms with Crippen LogP contribution in [-0.2, 0) is 9.59 Å². The Labute approximate surface area is 148 Å². The Balaban J connectivity index is 2.24. The van der Waals surface area contributed by atoms with E-state index in [1.807, 2.05) is 61.5 Å². The lowest BCUT2D eigenvalue weighted by Gasteiger charge is -2.24. The highest BCUT2D eigenvalue weighted by Crippen LogP contribution is 2.29. The summed E-state index contributed by atoms with van der Waals surface area (Å²) in [5.74, 6) is -1.07. The maximum absolute atomic E-state index is 12.7. The summed E-state index contributed by atoms with van der Waals surface area (Å²) in [6.45, 7) is 2.57. The molecule has 5 heteroatoms. The lowest BCUT2D eigenvalue weighted by Crippen LogP contribution is -2.33. The molecule has 0 saturated heterocycles. The Hall–Kier alpha value is -2.82. The van der Waals surface area contributed by atoms with Gasteiger partial charge >= 0.3 is 5.97 Å². The number of carbonyl (C=O) groups excluding carboxylic acids is 1. The molecule has 0 radical (unpaired) electrons. The molecule has 2 aromatic rings. The molecule has 0 heterocycles. The molecule has 0 aromatic heterocycles. The smallest absolute Gasteiger partial charge is 0.305 e. The minimum absolute atomic E-state index is 0.0477. The highest BCUT2D eigenvalue weighted by Gasteiger charge is 2.22. The van der Waals surface area contributed by atoms with Crippen LogP contribution in [0.25, 0.3) is 0 Å². The van der Waals surface area contributed by atoms with Crippen LogP contribution in [0.15, 0.2) is 54.6 Å². The van der Waals surface area contributed by atoms with E-state index in [1.54, 1.807) is 4.90 Å². The number of aliphatic carboxylic acids is 1. The normalized spacial score (nSPS) is 11.7. The Bertz CT molecular complexity index is 716. The van der Waals surface area contributed by atoms with Crippen LogP contribution in [0, 0.1) is 0 Å². The molecule has 0 fully saturated rings. The van der Waals surface area contributed by atoms with Crippen LogP contribution in [0.5, 0.6) is 0 Å². The van der Waals surface area contributed by atoms with E-state index in [-0.39, 0.29) is 31.2 Å². The molecule has 1 atom stereocenters. The first-order chi connectivity index (χ1) is 12.0. The van der Waals surface area contributed by atoms with Crippen LogP contribution in [0.4, 0.5) is 5.69 Å². The van der Waals surface area contributed by atoms with Gasteiger partial charge in [-0.25, -0.2) is 0 Å². The molecular weight excluding hydrogens is 316 g/mol. The maximum atomic E-state index is 12.7. The monoisotopic (exact) mass is 340 g/mol. The summed E-state index contributed by atoms with van der Waals surface area (Å²) in [4.78, 5) is 25.1. The third-order valence-electron chi connectivity index (χ3n) is 4.22. The van der Waals surface area contributed by atoms with Crippen LogP contribution < -0.4 is 5.73 Å². The van der Waals surface area contributed by atoms with Crippen molar-refractivity contribution in [1.29, 1.82) is 0 Å². The first kappa shape index (κ1) is 18.5. The van der Waals surface area contributed by atoms with Crippen molar-refractivity contribution in [1.82, 2.24) is 4.90 Å². The summed E-state index contributed by atoms with van der Waals surface area (Å²) in [6.07, 6.45) is 0.231.